The molecule has 0 radical (unpaired) electrons. The first-order chi connectivity index (χ1) is 15.4. The van der Waals surface area contributed by atoms with E-state index in [4.69, 9.17) is 9.47 Å². The van der Waals surface area contributed by atoms with E-state index in [0.717, 1.165) is 5.56 Å². The third-order valence-corrected chi connectivity index (χ3v) is 5.41. The Morgan fingerprint density at radius 1 is 1.16 bits per heavy atom. The maximum absolute atomic E-state index is 12.7. The number of methoxy groups -OCH3 is 1. The zero-order chi connectivity index (χ0) is 23.1. The van der Waals surface area contributed by atoms with Crippen LogP contribution in [0.15, 0.2) is 58.4 Å². The number of aliphatic imine (C=N–C) groups is 1. The summed E-state index contributed by atoms with van der Waals surface area (Å²) in [7, 11) is 2.94. The van der Waals surface area contributed by atoms with Gasteiger partial charge in [-0.25, -0.2) is 14.6 Å². The van der Waals surface area contributed by atoms with Gasteiger partial charge in [0.25, 0.3) is 5.91 Å². The number of hydrogen-bond acceptors (Lipinski definition) is 8. The summed E-state index contributed by atoms with van der Waals surface area (Å²) in [6.45, 7) is 1.86. The standard InChI is InChI=1S/C23H22N2O6S/c1-4-30-22(28)16-8-10-17(11-9-16)24-23-25(2)21(27)19(32-23)13-15-6-5-7-18(12-15)31-14-20(26)29-3/h5-13H,4,14H2,1-3H3. The van der Waals surface area contributed by atoms with Crippen LogP contribution in [0, 0.1) is 0 Å². The number of hydrogen-bond donors (Lipinski definition) is 0. The minimum Gasteiger partial charge on any atom is -0.482 e. The minimum atomic E-state index is -0.479. The molecule has 0 spiro atoms. The van der Waals surface area contributed by atoms with Crippen LogP contribution in [0.4, 0.5) is 5.69 Å². The van der Waals surface area contributed by atoms with Crippen molar-refractivity contribution in [2.75, 3.05) is 27.4 Å². The van der Waals surface area contributed by atoms with E-state index in [1.807, 2.05) is 6.07 Å². The summed E-state index contributed by atoms with van der Waals surface area (Å²) in [5, 5.41) is 0.517. The Morgan fingerprint density at radius 3 is 2.59 bits per heavy atom. The predicted molar refractivity (Wildman–Crippen MR) is 122 cm³/mol. The van der Waals surface area contributed by atoms with E-state index >= 15 is 0 Å². The molecule has 0 N–H and O–H groups in total. The number of nitrogens with zero attached hydrogens (tertiary/aromatic N) is 2. The lowest BCUT2D eigenvalue weighted by molar-refractivity contribution is -0.142. The Labute approximate surface area is 189 Å². The highest BCUT2D eigenvalue weighted by Crippen LogP contribution is 2.33. The molecule has 0 aliphatic carbocycles. The number of carbonyl (C=O) groups is 3. The van der Waals surface area contributed by atoms with Crippen LogP contribution in [-0.2, 0) is 19.1 Å². The Hall–Kier alpha value is -3.59. The van der Waals surface area contributed by atoms with Crippen molar-refractivity contribution in [1.29, 1.82) is 0 Å². The highest BCUT2D eigenvalue weighted by Gasteiger charge is 2.30. The number of carbonyl (C=O) groups excluding carboxylic acids is 3. The summed E-state index contributed by atoms with van der Waals surface area (Å²) < 4.78 is 14.9. The molecule has 0 aromatic heterocycles. The second-order valence-electron chi connectivity index (χ2n) is 6.57. The molecule has 0 saturated carbocycles. The van der Waals surface area contributed by atoms with Crippen molar-refractivity contribution in [2.45, 2.75) is 6.92 Å². The van der Waals surface area contributed by atoms with Crippen LogP contribution in [0.2, 0.25) is 0 Å². The molecule has 0 atom stereocenters. The second-order valence-corrected chi connectivity index (χ2v) is 7.58. The first-order valence-electron chi connectivity index (χ1n) is 9.74. The van der Waals surface area contributed by atoms with Crippen molar-refractivity contribution in [3.63, 3.8) is 0 Å². The van der Waals surface area contributed by atoms with Crippen LogP contribution < -0.4 is 4.74 Å². The molecule has 8 nitrogen and oxygen atoms in total. The molecular formula is C23H22N2O6S. The van der Waals surface area contributed by atoms with Crippen molar-refractivity contribution in [2.24, 2.45) is 4.99 Å². The molecule has 0 unspecified atom stereocenters. The third-order valence-electron chi connectivity index (χ3n) is 4.35. The fourth-order valence-electron chi connectivity index (χ4n) is 2.70. The van der Waals surface area contributed by atoms with Gasteiger partial charge in [-0.3, -0.25) is 9.69 Å². The van der Waals surface area contributed by atoms with E-state index in [2.05, 4.69) is 9.73 Å². The summed E-state index contributed by atoms with van der Waals surface area (Å²) in [5.41, 5.74) is 1.80. The lowest BCUT2D eigenvalue weighted by Crippen LogP contribution is -2.23. The average molecular weight is 455 g/mol. The number of esters is 2. The summed E-state index contributed by atoms with van der Waals surface area (Å²) in [6, 6.07) is 13.7. The highest BCUT2D eigenvalue weighted by molar-refractivity contribution is 8.18. The van der Waals surface area contributed by atoms with Gasteiger partial charge in [-0.1, -0.05) is 12.1 Å². The number of rotatable bonds is 7. The van der Waals surface area contributed by atoms with Crippen LogP contribution in [0.3, 0.4) is 0 Å². The Bertz CT molecular complexity index is 1080. The summed E-state index contributed by atoms with van der Waals surface area (Å²) >= 11 is 1.24. The monoisotopic (exact) mass is 454 g/mol. The van der Waals surface area contributed by atoms with Crippen LogP contribution in [-0.4, -0.2) is 55.3 Å². The first kappa shape index (κ1) is 23.1. The number of ether oxygens (including phenoxy) is 3. The van der Waals surface area contributed by atoms with E-state index in [-0.39, 0.29) is 12.5 Å². The molecule has 1 aliphatic rings. The van der Waals surface area contributed by atoms with Gasteiger partial charge in [0.2, 0.25) is 0 Å². The van der Waals surface area contributed by atoms with Crippen LogP contribution >= 0.6 is 11.8 Å². The van der Waals surface area contributed by atoms with Gasteiger partial charge in [0, 0.05) is 7.05 Å². The number of thioether (sulfide) groups is 1. The minimum absolute atomic E-state index is 0.183. The van der Waals surface area contributed by atoms with Gasteiger partial charge in [-0.15, -0.1) is 0 Å². The molecule has 166 valence electrons. The zero-order valence-corrected chi connectivity index (χ0v) is 18.7. The SMILES string of the molecule is CCOC(=O)c1ccc(N=C2SC(=Cc3cccc(OCC(=O)OC)c3)C(=O)N2C)cc1. The topological polar surface area (TPSA) is 94.5 Å². The quantitative estimate of drug-likeness (QED) is 0.466. The van der Waals surface area contributed by atoms with Crippen molar-refractivity contribution < 1.29 is 28.6 Å². The van der Waals surface area contributed by atoms with E-state index in [1.165, 1.54) is 23.8 Å². The molecular weight excluding hydrogens is 432 g/mol. The molecule has 9 heteroatoms. The van der Waals surface area contributed by atoms with Crippen LogP contribution in [0.25, 0.3) is 6.08 Å². The summed E-state index contributed by atoms with van der Waals surface area (Å²) in [4.78, 5) is 42.2. The van der Waals surface area contributed by atoms with E-state index in [9.17, 15) is 14.4 Å². The lowest BCUT2D eigenvalue weighted by Gasteiger charge is -2.07. The molecule has 3 rings (SSSR count). The second kappa shape index (κ2) is 10.6. The smallest absolute Gasteiger partial charge is 0.343 e. The van der Waals surface area contributed by atoms with Gasteiger partial charge in [0.15, 0.2) is 11.8 Å². The zero-order valence-electron chi connectivity index (χ0n) is 17.9. The molecule has 1 fully saturated rings. The predicted octanol–water partition coefficient (Wildman–Crippen LogP) is 3.65. The molecule has 1 saturated heterocycles. The van der Waals surface area contributed by atoms with Crippen molar-refractivity contribution in [1.82, 2.24) is 4.90 Å². The van der Waals surface area contributed by atoms with E-state index < -0.39 is 11.9 Å². The van der Waals surface area contributed by atoms with Gasteiger partial charge in [0.1, 0.15) is 5.75 Å². The number of likely N-dealkylation sites (N-methyl/N-ethyl adjacent to an activating group) is 1. The molecule has 1 heterocycles. The Kier molecular flexibility index (Phi) is 7.67. The normalized spacial score (nSPS) is 15.8. The average Bonchev–Trinajstić information content (AvgIpc) is 3.06. The van der Waals surface area contributed by atoms with Gasteiger partial charge in [-0.2, -0.15) is 0 Å². The molecule has 0 bridgehead atoms. The third kappa shape index (κ3) is 5.76. The van der Waals surface area contributed by atoms with Gasteiger partial charge >= 0.3 is 11.9 Å². The first-order valence-corrected chi connectivity index (χ1v) is 10.6. The lowest BCUT2D eigenvalue weighted by atomic mass is 10.2. The Morgan fingerprint density at radius 2 is 1.91 bits per heavy atom. The fourth-order valence-corrected chi connectivity index (χ4v) is 3.68. The summed E-state index contributed by atoms with van der Waals surface area (Å²) in [6.07, 6.45) is 1.74. The van der Waals surface area contributed by atoms with Crippen molar-refractivity contribution >= 4 is 46.5 Å². The Balaban J connectivity index is 1.75. The van der Waals surface area contributed by atoms with Crippen molar-refractivity contribution in [3.05, 3.63) is 64.6 Å². The van der Waals surface area contributed by atoms with Crippen molar-refractivity contribution in [3.8, 4) is 5.75 Å². The van der Waals surface area contributed by atoms with E-state index in [0.29, 0.717) is 33.7 Å². The number of amides is 1. The fraction of sp³-hybridized carbons (Fsp3) is 0.217. The van der Waals surface area contributed by atoms with Gasteiger partial charge in [-0.05, 0) is 66.7 Å². The van der Waals surface area contributed by atoms with Crippen LogP contribution in [0.1, 0.15) is 22.8 Å². The molecule has 2 aromatic rings. The van der Waals surface area contributed by atoms with Gasteiger partial charge < -0.3 is 14.2 Å². The maximum Gasteiger partial charge on any atom is 0.343 e. The molecule has 1 aliphatic heterocycles. The number of amidine groups is 1. The maximum atomic E-state index is 12.7. The summed E-state index contributed by atoms with van der Waals surface area (Å²) in [5.74, 6) is -0.563. The van der Waals surface area contributed by atoms with Crippen LogP contribution in [0.5, 0.6) is 5.75 Å². The molecule has 1 amide bonds. The van der Waals surface area contributed by atoms with E-state index in [1.54, 1.807) is 62.5 Å². The molecule has 2 aromatic carbocycles. The molecule has 32 heavy (non-hydrogen) atoms. The highest BCUT2D eigenvalue weighted by atomic mass is 32.2. The van der Waals surface area contributed by atoms with Gasteiger partial charge in [0.05, 0.1) is 29.9 Å². The number of benzene rings is 2. The largest absolute Gasteiger partial charge is 0.482 e.